The molecule has 0 saturated heterocycles. The Kier molecular flexibility index (Phi) is 7.23. The Morgan fingerprint density at radius 1 is 0.833 bits per heavy atom. The summed E-state index contributed by atoms with van der Waals surface area (Å²) in [7, 11) is 0. The Morgan fingerprint density at radius 2 is 1.50 bits per heavy atom. The van der Waals surface area contributed by atoms with Gasteiger partial charge in [-0.25, -0.2) is 0 Å². The molecule has 0 atom stereocenters. The lowest BCUT2D eigenvalue weighted by Gasteiger charge is -2.34. The Hall–Kier alpha value is -3.57. The third-order valence-corrected chi connectivity index (χ3v) is 5.93. The average molecular weight is 511 g/mol. The summed E-state index contributed by atoms with van der Waals surface area (Å²) < 4.78 is 84.6. The third-order valence-electron chi connectivity index (χ3n) is 5.93. The van der Waals surface area contributed by atoms with E-state index in [2.05, 4.69) is 15.0 Å². The van der Waals surface area contributed by atoms with Crippen LogP contribution in [0, 0.1) is 0 Å². The van der Waals surface area contributed by atoms with Gasteiger partial charge >= 0.3 is 18.4 Å². The molecule has 0 spiro atoms. The maximum Gasteiger partial charge on any atom is 0.416 e. The van der Waals surface area contributed by atoms with Gasteiger partial charge in [0.15, 0.2) is 0 Å². The summed E-state index contributed by atoms with van der Waals surface area (Å²) in [6.07, 6.45) is -4.68. The number of benzene rings is 2. The van der Waals surface area contributed by atoms with E-state index in [1.807, 2.05) is 0 Å². The summed E-state index contributed by atoms with van der Waals surface area (Å²) in [4.78, 5) is 14.0. The van der Waals surface area contributed by atoms with Gasteiger partial charge in [0.05, 0.1) is 11.1 Å². The number of nitrogen functional groups attached to an aromatic ring is 1. The number of nitrogens with zero attached hydrogens (tertiary/aromatic N) is 4. The van der Waals surface area contributed by atoms with Crippen LogP contribution in [0.5, 0.6) is 6.01 Å². The molecule has 6 nitrogen and oxygen atoms in total. The monoisotopic (exact) mass is 511 g/mol. The number of rotatable bonds is 6. The molecule has 1 saturated carbocycles. The summed E-state index contributed by atoms with van der Waals surface area (Å²) >= 11 is 0. The van der Waals surface area contributed by atoms with Crippen LogP contribution < -0.4 is 15.4 Å². The second kappa shape index (κ2) is 10.2. The highest BCUT2D eigenvalue weighted by Gasteiger charge is 2.34. The summed E-state index contributed by atoms with van der Waals surface area (Å²) in [6, 6.07) is 9.16. The Labute approximate surface area is 203 Å². The van der Waals surface area contributed by atoms with Crippen molar-refractivity contribution in [3.8, 4) is 6.01 Å². The van der Waals surface area contributed by atoms with E-state index in [0.717, 1.165) is 50.3 Å². The van der Waals surface area contributed by atoms with Crippen LogP contribution in [0.3, 0.4) is 0 Å². The van der Waals surface area contributed by atoms with E-state index < -0.39 is 30.1 Å². The number of hydrogen-bond acceptors (Lipinski definition) is 6. The van der Waals surface area contributed by atoms with Gasteiger partial charge in [-0.3, -0.25) is 0 Å². The standard InChI is InChI=1S/C24H23F6N5O/c25-23(26,27)16-10-12-18(13-11-16)35(17-7-2-1-3-8-17)21-32-20(31)33-22(34-21)36-14-15-6-4-5-9-19(15)24(28,29)30/h4-6,9-13,17H,1-3,7-8,14H2,(H2,31,32,33,34). The van der Waals surface area contributed by atoms with Crippen molar-refractivity contribution in [1.82, 2.24) is 15.0 Å². The largest absolute Gasteiger partial charge is 0.458 e. The zero-order chi connectivity index (χ0) is 25.9. The van der Waals surface area contributed by atoms with Crippen LogP contribution in [-0.4, -0.2) is 21.0 Å². The summed E-state index contributed by atoms with van der Waals surface area (Å²) in [6.45, 7) is -0.470. The van der Waals surface area contributed by atoms with Gasteiger partial charge in [0.1, 0.15) is 6.61 Å². The summed E-state index contributed by atoms with van der Waals surface area (Å²) in [5.74, 6) is -0.180. The lowest BCUT2D eigenvalue weighted by molar-refractivity contribution is -0.139. The van der Waals surface area contributed by atoms with E-state index in [0.29, 0.717) is 5.69 Å². The van der Waals surface area contributed by atoms with Crippen LogP contribution in [0.2, 0.25) is 0 Å². The van der Waals surface area contributed by atoms with E-state index in [1.165, 1.54) is 30.3 Å². The molecule has 0 bridgehead atoms. The van der Waals surface area contributed by atoms with E-state index >= 15 is 0 Å². The van der Waals surface area contributed by atoms with Crippen LogP contribution in [0.25, 0.3) is 0 Å². The minimum Gasteiger partial charge on any atom is -0.458 e. The molecular formula is C24H23F6N5O. The predicted octanol–water partition coefficient (Wildman–Crippen LogP) is 6.54. The van der Waals surface area contributed by atoms with Crippen molar-refractivity contribution in [2.24, 2.45) is 0 Å². The predicted molar refractivity (Wildman–Crippen MR) is 120 cm³/mol. The van der Waals surface area contributed by atoms with Gasteiger partial charge < -0.3 is 15.4 Å². The van der Waals surface area contributed by atoms with E-state index in [1.54, 1.807) is 4.90 Å². The molecule has 2 aromatic carbocycles. The fourth-order valence-electron chi connectivity index (χ4n) is 4.24. The molecule has 0 amide bonds. The van der Waals surface area contributed by atoms with Crippen molar-refractivity contribution in [2.45, 2.75) is 57.1 Å². The first kappa shape index (κ1) is 25.5. The van der Waals surface area contributed by atoms with Gasteiger partial charge in [-0.05, 0) is 43.2 Å². The highest BCUT2D eigenvalue weighted by molar-refractivity contribution is 5.60. The number of halogens is 6. The molecule has 0 radical (unpaired) electrons. The van der Waals surface area contributed by atoms with Gasteiger partial charge in [0.2, 0.25) is 11.9 Å². The van der Waals surface area contributed by atoms with Crippen LogP contribution >= 0.6 is 0 Å². The molecule has 1 fully saturated rings. The second-order valence-electron chi connectivity index (χ2n) is 8.43. The van der Waals surface area contributed by atoms with Crippen LogP contribution in [-0.2, 0) is 19.0 Å². The topological polar surface area (TPSA) is 77.2 Å². The van der Waals surface area contributed by atoms with E-state index in [9.17, 15) is 26.3 Å². The first-order valence-electron chi connectivity index (χ1n) is 11.3. The number of aromatic nitrogens is 3. The van der Waals surface area contributed by atoms with Crippen molar-refractivity contribution in [2.75, 3.05) is 10.6 Å². The highest BCUT2D eigenvalue weighted by atomic mass is 19.4. The Morgan fingerprint density at radius 3 is 2.14 bits per heavy atom. The lowest BCUT2D eigenvalue weighted by Crippen LogP contribution is -2.34. The zero-order valence-electron chi connectivity index (χ0n) is 19.0. The number of ether oxygens (including phenoxy) is 1. The zero-order valence-corrected chi connectivity index (χ0v) is 19.0. The van der Waals surface area contributed by atoms with Gasteiger partial charge in [-0.1, -0.05) is 37.5 Å². The van der Waals surface area contributed by atoms with Gasteiger partial charge in [-0.15, -0.1) is 0 Å². The van der Waals surface area contributed by atoms with Crippen molar-refractivity contribution < 1.29 is 31.1 Å². The quantitative estimate of drug-likeness (QED) is 0.379. The number of alkyl halides is 6. The molecule has 36 heavy (non-hydrogen) atoms. The van der Waals surface area contributed by atoms with Crippen molar-refractivity contribution in [1.29, 1.82) is 0 Å². The van der Waals surface area contributed by atoms with Crippen LogP contribution in [0.15, 0.2) is 48.5 Å². The fourth-order valence-corrected chi connectivity index (χ4v) is 4.24. The molecule has 1 aromatic heterocycles. The van der Waals surface area contributed by atoms with E-state index in [-0.39, 0.29) is 29.5 Å². The number of hydrogen-bond donors (Lipinski definition) is 1. The molecule has 12 heteroatoms. The minimum atomic E-state index is -4.57. The second-order valence-corrected chi connectivity index (χ2v) is 8.43. The smallest absolute Gasteiger partial charge is 0.416 e. The first-order chi connectivity index (χ1) is 17.0. The molecule has 3 aromatic rings. The fraction of sp³-hybridized carbons (Fsp3) is 0.375. The summed E-state index contributed by atoms with van der Waals surface area (Å²) in [5, 5.41) is 0. The molecule has 0 aliphatic heterocycles. The number of anilines is 3. The summed E-state index contributed by atoms with van der Waals surface area (Å²) in [5.41, 5.74) is 4.53. The minimum absolute atomic E-state index is 0.0493. The number of nitrogens with two attached hydrogens (primary N) is 1. The lowest BCUT2D eigenvalue weighted by atomic mass is 9.94. The van der Waals surface area contributed by atoms with E-state index in [4.69, 9.17) is 10.5 Å². The molecule has 2 N–H and O–H groups in total. The van der Waals surface area contributed by atoms with Crippen LogP contribution in [0.4, 0.5) is 43.9 Å². The Balaban J connectivity index is 1.65. The van der Waals surface area contributed by atoms with Crippen molar-refractivity contribution in [3.63, 3.8) is 0 Å². The van der Waals surface area contributed by atoms with Crippen molar-refractivity contribution >= 4 is 17.6 Å². The van der Waals surface area contributed by atoms with Gasteiger partial charge in [-0.2, -0.15) is 41.3 Å². The highest BCUT2D eigenvalue weighted by Crippen LogP contribution is 2.36. The molecule has 4 rings (SSSR count). The molecule has 1 heterocycles. The molecule has 1 aliphatic carbocycles. The Bertz CT molecular complexity index is 1180. The average Bonchev–Trinajstić information content (AvgIpc) is 2.83. The maximum atomic E-state index is 13.3. The van der Waals surface area contributed by atoms with Crippen LogP contribution in [0.1, 0.15) is 48.8 Å². The molecule has 192 valence electrons. The third kappa shape index (κ3) is 5.97. The molecule has 0 unspecified atom stereocenters. The van der Waals surface area contributed by atoms with Gasteiger partial charge in [0.25, 0.3) is 0 Å². The van der Waals surface area contributed by atoms with Crippen molar-refractivity contribution in [3.05, 3.63) is 65.2 Å². The maximum absolute atomic E-state index is 13.3. The molecular weight excluding hydrogens is 488 g/mol. The van der Waals surface area contributed by atoms with Gasteiger partial charge in [0, 0.05) is 17.3 Å². The SMILES string of the molecule is Nc1nc(OCc2ccccc2C(F)(F)F)nc(N(c2ccc(C(F)(F)F)cc2)C2CCCCC2)n1. The molecule has 1 aliphatic rings. The first-order valence-corrected chi connectivity index (χ1v) is 11.3. The normalized spacial score (nSPS) is 15.1.